The molecule has 1 fully saturated rings. The highest BCUT2D eigenvalue weighted by molar-refractivity contribution is 5.87. The molecule has 3 amide bonds. The van der Waals surface area contributed by atoms with Crippen molar-refractivity contribution in [3.8, 4) is 0 Å². The molecule has 0 radical (unpaired) electrons. The second kappa shape index (κ2) is 7.12. The number of carboxylic acid groups (broad SMARTS) is 1. The standard InChI is InChI=1S/C13H23N3O4/c1-3-6-13(11(18)19)7-4-9-16(13)12(20)15-8-5-10(17)14-2/h3-9H2,1-2H3,(H,14,17)(H,15,20)(H,18,19). The Hall–Kier alpha value is -1.79. The zero-order chi connectivity index (χ0) is 15.2. The molecule has 0 aliphatic carbocycles. The molecule has 3 N–H and O–H groups in total. The summed E-state index contributed by atoms with van der Waals surface area (Å²) in [7, 11) is 1.53. The van der Waals surface area contributed by atoms with Gasteiger partial charge in [-0.1, -0.05) is 13.3 Å². The molecule has 0 saturated carbocycles. The molecule has 1 aliphatic rings. The fourth-order valence-corrected chi connectivity index (χ4v) is 2.68. The van der Waals surface area contributed by atoms with Gasteiger partial charge < -0.3 is 20.6 Å². The van der Waals surface area contributed by atoms with Crippen LogP contribution >= 0.6 is 0 Å². The summed E-state index contributed by atoms with van der Waals surface area (Å²) in [5.41, 5.74) is -1.09. The van der Waals surface area contributed by atoms with Crippen molar-refractivity contribution in [2.45, 2.75) is 44.6 Å². The average Bonchev–Trinajstić information content (AvgIpc) is 2.84. The van der Waals surface area contributed by atoms with Gasteiger partial charge >= 0.3 is 12.0 Å². The SMILES string of the molecule is CCCC1(C(=O)O)CCCN1C(=O)NCCC(=O)NC. The molecule has 0 spiro atoms. The van der Waals surface area contributed by atoms with Crippen molar-refractivity contribution < 1.29 is 19.5 Å². The number of amides is 3. The van der Waals surface area contributed by atoms with Gasteiger partial charge in [0.05, 0.1) is 0 Å². The summed E-state index contributed by atoms with van der Waals surface area (Å²) in [5.74, 6) is -1.11. The normalized spacial score (nSPS) is 21.6. The molecule has 0 bridgehead atoms. The van der Waals surface area contributed by atoms with Gasteiger partial charge in [0.1, 0.15) is 5.54 Å². The Morgan fingerprint density at radius 2 is 2.05 bits per heavy atom. The molecular formula is C13H23N3O4. The van der Waals surface area contributed by atoms with Crippen molar-refractivity contribution in [2.24, 2.45) is 0 Å². The monoisotopic (exact) mass is 285 g/mol. The molecule has 1 heterocycles. The third-order valence-corrected chi connectivity index (χ3v) is 3.70. The van der Waals surface area contributed by atoms with Gasteiger partial charge in [-0.25, -0.2) is 9.59 Å². The average molecular weight is 285 g/mol. The van der Waals surface area contributed by atoms with E-state index < -0.39 is 17.5 Å². The lowest BCUT2D eigenvalue weighted by Gasteiger charge is -2.34. The van der Waals surface area contributed by atoms with Crippen LogP contribution in [0.2, 0.25) is 0 Å². The first-order valence-corrected chi connectivity index (χ1v) is 6.97. The Labute approximate surface area is 118 Å². The van der Waals surface area contributed by atoms with Crippen molar-refractivity contribution in [1.82, 2.24) is 15.5 Å². The lowest BCUT2D eigenvalue weighted by atomic mass is 9.91. The van der Waals surface area contributed by atoms with Crippen LogP contribution in [0.5, 0.6) is 0 Å². The summed E-state index contributed by atoms with van der Waals surface area (Å²) in [6, 6.07) is -0.401. The van der Waals surface area contributed by atoms with Crippen LogP contribution in [0.1, 0.15) is 39.0 Å². The second-order valence-electron chi connectivity index (χ2n) is 5.00. The first kappa shape index (κ1) is 16.3. The highest BCUT2D eigenvalue weighted by Gasteiger charge is 2.49. The molecule has 20 heavy (non-hydrogen) atoms. The molecule has 0 aromatic rings. The van der Waals surface area contributed by atoms with Gasteiger partial charge in [0.15, 0.2) is 0 Å². The lowest BCUT2D eigenvalue weighted by Crippen LogP contribution is -2.56. The van der Waals surface area contributed by atoms with Crippen molar-refractivity contribution in [2.75, 3.05) is 20.1 Å². The molecule has 1 unspecified atom stereocenters. The Bertz CT molecular complexity index is 386. The second-order valence-corrected chi connectivity index (χ2v) is 5.00. The van der Waals surface area contributed by atoms with Crippen LogP contribution < -0.4 is 10.6 Å². The fourth-order valence-electron chi connectivity index (χ4n) is 2.68. The number of carbonyl (C=O) groups excluding carboxylic acids is 2. The van der Waals surface area contributed by atoms with Crippen molar-refractivity contribution in [1.29, 1.82) is 0 Å². The zero-order valence-corrected chi connectivity index (χ0v) is 12.1. The van der Waals surface area contributed by atoms with Gasteiger partial charge in [0.25, 0.3) is 0 Å². The molecular weight excluding hydrogens is 262 g/mol. The van der Waals surface area contributed by atoms with Gasteiger partial charge in [-0.15, -0.1) is 0 Å². The Kier molecular flexibility index (Phi) is 5.79. The van der Waals surface area contributed by atoms with E-state index in [0.717, 1.165) is 0 Å². The molecule has 7 heteroatoms. The maximum absolute atomic E-state index is 12.1. The number of nitrogens with zero attached hydrogens (tertiary/aromatic N) is 1. The van der Waals surface area contributed by atoms with Crippen molar-refractivity contribution in [3.63, 3.8) is 0 Å². The maximum Gasteiger partial charge on any atom is 0.329 e. The third-order valence-electron chi connectivity index (χ3n) is 3.70. The first-order valence-electron chi connectivity index (χ1n) is 6.97. The quantitative estimate of drug-likeness (QED) is 0.663. The van der Waals surface area contributed by atoms with Gasteiger partial charge in [0.2, 0.25) is 5.91 Å². The summed E-state index contributed by atoms with van der Waals surface area (Å²) in [5, 5.41) is 14.6. The molecule has 1 aliphatic heterocycles. The molecule has 0 aromatic heterocycles. The van der Waals surface area contributed by atoms with Crippen LogP contribution in [0.4, 0.5) is 4.79 Å². The van der Waals surface area contributed by atoms with Crippen molar-refractivity contribution in [3.05, 3.63) is 0 Å². The van der Waals surface area contributed by atoms with Crippen LogP contribution in [0, 0.1) is 0 Å². The minimum atomic E-state index is -1.09. The van der Waals surface area contributed by atoms with Crippen molar-refractivity contribution >= 4 is 17.9 Å². The highest BCUT2D eigenvalue weighted by atomic mass is 16.4. The Morgan fingerprint density at radius 1 is 1.35 bits per heavy atom. The molecule has 114 valence electrons. The highest BCUT2D eigenvalue weighted by Crippen LogP contribution is 2.33. The van der Waals surface area contributed by atoms with Crippen LogP contribution in [0.25, 0.3) is 0 Å². The number of carbonyl (C=O) groups is 3. The van der Waals surface area contributed by atoms with Crippen LogP contribution in [0.3, 0.4) is 0 Å². The Morgan fingerprint density at radius 3 is 2.60 bits per heavy atom. The van der Waals surface area contributed by atoms with E-state index in [1.165, 1.54) is 11.9 Å². The van der Waals surface area contributed by atoms with Gasteiger partial charge in [-0.3, -0.25) is 4.79 Å². The number of likely N-dealkylation sites (tertiary alicyclic amines) is 1. The molecule has 1 saturated heterocycles. The third kappa shape index (κ3) is 3.40. The van der Waals surface area contributed by atoms with E-state index in [2.05, 4.69) is 10.6 Å². The van der Waals surface area contributed by atoms with E-state index >= 15 is 0 Å². The number of hydrogen-bond donors (Lipinski definition) is 3. The molecule has 7 nitrogen and oxygen atoms in total. The fraction of sp³-hybridized carbons (Fsp3) is 0.769. The largest absolute Gasteiger partial charge is 0.479 e. The van der Waals surface area contributed by atoms with Gasteiger partial charge in [-0.2, -0.15) is 0 Å². The topological polar surface area (TPSA) is 98.7 Å². The molecule has 1 atom stereocenters. The van der Waals surface area contributed by atoms with E-state index in [4.69, 9.17) is 0 Å². The van der Waals surface area contributed by atoms with E-state index in [1.54, 1.807) is 0 Å². The summed E-state index contributed by atoms with van der Waals surface area (Å²) in [6.07, 6.45) is 2.51. The summed E-state index contributed by atoms with van der Waals surface area (Å²) < 4.78 is 0. The van der Waals surface area contributed by atoms with E-state index in [1.807, 2.05) is 6.92 Å². The van der Waals surface area contributed by atoms with Crippen LogP contribution in [0.15, 0.2) is 0 Å². The molecule has 1 rings (SSSR count). The number of hydrogen-bond acceptors (Lipinski definition) is 3. The van der Waals surface area contributed by atoms with E-state index in [0.29, 0.717) is 32.2 Å². The van der Waals surface area contributed by atoms with Gasteiger partial charge in [-0.05, 0) is 19.3 Å². The van der Waals surface area contributed by atoms with Crippen LogP contribution in [-0.4, -0.2) is 53.6 Å². The Balaban J connectivity index is 2.65. The first-order chi connectivity index (χ1) is 9.47. The summed E-state index contributed by atoms with van der Waals surface area (Å²) in [4.78, 5) is 36.2. The number of carboxylic acids is 1. The smallest absolute Gasteiger partial charge is 0.329 e. The summed E-state index contributed by atoms with van der Waals surface area (Å²) in [6.45, 7) is 2.56. The predicted octanol–water partition coefficient (Wildman–Crippen LogP) is 0.551. The zero-order valence-electron chi connectivity index (χ0n) is 12.1. The predicted molar refractivity (Wildman–Crippen MR) is 73.3 cm³/mol. The number of rotatable bonds is 6. The minimum Gasteiger partial charge on any atom is -0.479 e. The number of nitrogens with one attached hydrogen (secondary N) is 2. The minimum absolute atomic E-state index is 0.162. The summed E-state index contributed by atoms with van der Waals surface area (Å²) >= 11 is 0. The van der Waals surface area contributed by atoms with Gasteiger partial charge in [0, 0.05) is 26.6 Å². The van der Waals surface area contributed by atoms with Crippen LogP contribution in [-0.2, 0) is 9.59 Å². The number of urea groups is 1. The lowest BCUT2D eigenvalue weighted by molar-refractivity contribution is -0.148. The maximum atomic E-state index is 12.1. The number of aliphatic carboxylic acids is 1. The molecule has 0 aromatic carbocycles. The van der Waals surface area contributed by atoms with E-state index in [9.17, 15) is 19.5 Å². The van der Waals surface area contributed by atoms with E-state index in [-0.39, 0.29) is 18.9 Å².